The lowest BCUT2D eigenvalue weighted by molar-refractivity contribution is -0.136. The van der Waals surface area contributed by atoms with Crippen LogP contribution in [-0.2, 0) is 24.3 Å². The van der Waals surface area contributed by atoms with Crippen molar-refractivity contribution in [3.05, 3.63) is 45.9 Å². The number of benzene rings is 1. The molecule has 0 aliphatic carbocycles. The second-order valence-electron chi connectivity index (χ2n) is 8.47. The molecule has 0 spiro atoms. The van der Waals surface area contributed by atoms with E-state index in [4.69, 9.17) is 15.6 Å². The molecule has 0 unspecified atom stereocenters. The molecule has 0 aliphatic heterocycles. The van der Waals surface area contributed by atoms with Gasteiger partial charge in [0.1, 0.15) is 5.52 Å². The number of fused-ring (bicyclic) bond motifs is 1. The highest BCUT2D eigenvalue weighted by Crippen LogP contribution is 2.18. The molecule has 2 heterocycles. The molecule has 0 radical (unpaired) electrons. The predicted molar refractivity (Wildman–Crippen MR) is 132 cm³/mol. The normalized spacial score (nSPS) is 11.4. The lowest BCUT2D eigenvalue weighted by Gasteiger charge is -2.21. The summed E-state index contributed by atoms with van der Waals surface area (Å²) in [4.78, 5) is 36.8. The highest BCUT2D eigenvalue weighted by Gasteiger charge is 2.15. The molecule has 0 fully saturated rings. The van der Waals surface area contributed by atoms with Crippen LogP contribution in [0.2, 0.25) is 0 Å². The van der Waals surface area contributed by atoms with Gasteiger partial charge in [0, 0.05) is 19.6 Å². The zero-order chi connectivity index (χ0) is 25.2. The summed E-state index contributed by atoms with van der Waals surface area (Å²) in [5.74, 6) is -0.690. The molecule has 11 heteroatoms. The van der Waals surface area contributed by atoms with Gasteiger partial charge in [0.25, 0.3) is 0 Å². The van der Waals surface area contributed by atoms with E-state index in [-0.39, 0.29) is 30.5 Å². The molecule has 3 rings (SSSR count). The van der Waals surface area contributed by atoms with Crippen LogP contribution in [0.1, 0.15) is 43.7 Å². The van der Waals surface area contributed by atoms with Crippen LogP contribution in [0.25, 0.3) is 11.2 Å². The summed E-state index contributed by atoms with van der Waals surface area (Å²) in [6, 6.07) is 7.64. The van der Waals surface area contributed by atoms with Gasteiger partial charge in [-0.1, -0.05) is 37.6 Å². The van der Waals surface area contributed by atoms with E-state index < -0.39 is 5.97 Å². The molecular weight excluding hydrogens is 452 g/mol. The first-order chi connectivity index (χ1) is 16.9. The maximum absolute atomic E-state index is 12.5. The third-order valence-corrected chi connectivity index (χ3v) is 5.63. The Morgan fingerprint density at radius 2 is 2.00 bits per heavy atom. The molecule has 1 aromatic carbocycles. The van der Waals surface area contributed by atoms with E-state index in [2.05, 4.69) is 26.8 Å². The van der Waals surface area contributed by atoms with E-state index in [1.807, 2.05) is 18.2 Å². The van der Waals surface area contributed by atoms with Gasteiger partial charge in [-0.2, -0.15) is 9.97 Å². The molecule has 35 heavy (non-hydrogen) atoms. The molecule has 0 atom stereocenters. The maximum atomic E-state index is 12.5. The van der Waals surface area contributed by atoms with Gasteiger partial charge in [0.2, 0.25) is 0 Å². The second kappa shape index (κ2) is 12.9. The summed E-state index contributed by atoms with van der Waals surface area (Å²) in [6.07, 6.45) is 3.33. The zero-order valence-electron chi connectivity index (χ0n) is 20.1. The Labute approximate surface area is 203 Å². The Morgan fingerprint density at radius 3 is 2.74 bits per heavy atom. The van der Waals surface area contributed by atoms with Crippen LogP contribution in [0, 0.1) is 0 Å². The number of nitrogens with two attached hydrogens (primary N) is 1. The zero-order valence-corrected chi connectivity index (χ0v) is 20.1. The van der Waals surface area contributed by atoms with Crippen molar-refractivity contribution in [3.63, 3.8) is 0 Å². The Kier molecular flexibility index (Phi) is 9.62. The number of ether oxygens (including phenoxy) is 1. The first kappa shape index (κ1) is 26.2. The predicted octanol–water partition coefficient (Wildman–Crippen LogP) is 1.78. The molecule has 0 bridgehead atoms. The molecule has 0 saturated carbocycles. The van der Waals surface area contributed by atoms with Gasteiger partial charge in [-0.05, 0) is 36.9 Å². The number of aromatic nitrogens is 4. The van der Waals surface area contributed by atoms with Crippen molar-refractivity contribution in [3.8, 4) is 6.01 Å². The minimum absolute atomic E-state index is 0.0212. The van der Waals surface area contributed by atoms with Crippen molar-refractivity contribution < 1.29 is 19.7 Å². The van der Waals surface area contributed by atoms with Crippen molar-refractivity contribution in [1.29, 1.82) is 0 Å². The van der Waals surface area contributed by atoms with Crippen LogP contribution >= 0.6 is 0 Å². The van der Waals surface area contributed by atoms with Gasteiger partial charge in [-0.25, -0.2) is 4.79 Å². The minimum Gasteiger partial charge on any atom is -0.481 e. The number of unbranched alkanes of at least 4 members (excludes halogenated alkanes) is 2. The fourth-order valence-electron chi connectivity index (χ4n) is 3.90. The van der Waals surface area contributed by atoms with Crippen molar-refractivity contribution >= 4 is 23.0 Å². The first-order valence-electron chi connectivity index (χ1n) is 11.9. The van der Waals surface area contributed by atoms with Crippen molar-refractivity contribution in [2.24, 2.45) is 0 Å². The van der Waals surface area contributed by atoms with E-state index >= 15 is 0 Å². The fourth-order valence-corrected chi connectivity index (χ4v) is 3.90. The molecule has 2 aromatic heterocycles. The lowest BCUT2D eigenvalue weighted by Crippen LogP contribution is -2.28. The number of carbonyl (C=O) groups is 1. The standard InChI is InChI=1S/C24H34N6O5/c1-2-3-13-35-23-27-21(25)20-22(28-23)30(24(34)26-20)10-5-4-9-29(11-12-31)16-18-8-6-7-17(14-18)15-19(32)33/h6-8,14,31H,2-5,9-13,15-16H2,1H3,(H,26,34)(H,32,33)(H2,25,27,28). The average Bonchev–Trinajstić information content (AvgIpc) is 3.12. The quantitative estimate of drug-likeness (QED) is 0.235. The summed E-state index contributed by atoms with van der Waals surface area (Å²) in [7, 11) is 0. The number of rotatable bonds is 15. The third kappa shape index (κ3) is 7.52. The number of nitrogens with zero attached hydrogens (tertiary/aromatic N) is 4. The molecular formula is C24H34N6O5. The number of H-pyrrole nitrogens is 1. The number of hydrogen-bond acceptors (Lipinski definition) is 8. The van der Waals surface area contributed by atoms with Crippen LogP contribution in [0.3, 0.4) is 0 Å². The average molecular weight is 487 g/mol. The molecule has 3 aromatic rings. The molecule has 0 aliphatic rings. The molecule has 0 saturated heterocycles. The number of aliphatic carboxylic acids is 1. The van der Waals surface area contributed by atoms with Gasteiger partial charge >= 0.3 is 17.7 Å². The number of carboxylic acids is 1. The van der Waals surface area contributed by atoms with Gasteiger partial charge in [0.05, 0.1) is 19.6 Å². The minimum atomic E-state index is -0.867. The van der Waals surface area contributed by atoms with Gasteiger partial charge in [-0.3, -0.25) is 14.3 Å². The first-order valence-corrected chi connectivity index (χ1v) is 11.9. The third-order valence-electron chi connectivity index (χ3n) is 5.63. The number of hydrogen-bond donors (Lipinski definition) is 4. The summed E-state index contributed by atoms with van der Waals surface area (Å²) < 4.78 is 7.12. The van der Waals surface area contributed by atoms with Crippen LogP contribution in [-0.4, -0.2) is 66.9 Å². The Morgan fingerprint density at radius 1 is 1.20 bits per heavy atom. The molecule has 190 valence electrons. The van der Waals surface area contributed by atoms with E-state index in [1.54, 1.807) is 10.6 Å². The SMILES string of the molecule is CCCCOc1nc(N)c2[nH]c(=O)n(CCCCN(CCO)Cc3cccc(CC(=O)O)c3)c2n1. The number of imidazole rings is 1. The van der Waals surface area contributed by atoms with Gasteiger partial charge in [0.15, 0.2) is 11.5 Å². The Hall–Kier alpha value is -3.44. The van der Waals surface area contributed by atoms with Gasteiger partial charge in [-0.15, -0.1) is 0 Å². The number of aliphatic hydroxyl groups is 1. The van der Waals surface area contributed by atoms with Crippen molar-refractivity contribution in [2.75, 3.05) is 32.0 Å². The van der Waals surface area contributed by atoms with Crippen molar-refractivity contribution in [2.45, 2.75) is 52.1 Å². The Balaban J connectivity index is 1.61. The van der Waals surface area contributed by atoms with Crippen molar-refractivity contribution in [1.82, 2.24) is 24.4 Å². The summed E-state index contributed by atoms with van der Waals surface area (Å²) in [5.41, 5.74) is 8.28. The van der Waals surface area contributed by atoms with Crippen LogP contribution in [0.15, 0.2) is 29.1 Å². The number of anilines is 1. The van der Waals surface area contributed by atoms with Crippen LogP contribution < -0.4 is 16.2 Å². The summed E-state index contributed by atoms with van der Waals surface area (Å²) >= 11 is 0. The summed E-state index contributed by atoms with van der Waals surface area (Å²) in [5, 5.41) is 18.5. The molecule has 11 nitrogen and oxygen atoms in total. The topological polar surface area (TPSA) is 160 Å². The van der Waals surface area contributed by atoms with Crippen LogP contribution in [0.4, 0.5) is 5.82 Å². The van der Waals surface area contributed by atoms with E-state index in [1.165, 1.54) is 0 Å². The summed E-state index contributed by atoms with van der Waals surface area (Å²) in [6.45, 7) is 4.82. The number of carboxylic acid groups (broad SMARTS) is 1. The highest BCUT2D eigenvalue weighted by molar-refractivity contribution is 5.81. The second-order valence-corrected chi connectivity index (χ2v) is 8.47. The number of nitrogen functional groups attached to an aromatic ring is 1. The molecule has 5 N–H and O–H groups in total. The fraction of sp³-hybridized carbons (Fsp3) is 0.500. The van der Waals surface area contributed by atoms with E-state index in [0.717, 1.165) is 30.4 Å². The van der Waals surface area contributed by atoms with E-state index in [0.29, 0.717) is 50.4 Å². The Bertz CT molecular complexity index is 1170. The highest BCUT2D eigenvalue weighted by atomic mass is 16.5. The number of nitrogens with one attached hydrogen (secondary N) is 1. The maximum Gasteiger partial charge on any atom is 0.327 e. The largest absolute Gasteiger partial charge is 0.481 e. The van der Waals surface area contributed by atoms with Gasteiger partial charge < -0.3 is 25.7 Å². The molecule has 0 amide bonds. The lowest BCUT2D eigenvalue weighted by atomic mass is 10.1. The monoisotopic (exact) mass is 486 g/mol. The number of aromatic amines is 1. The number of aliphatic hydroxyl groups excluding tert-OH is 1. The number of aryl methyl sites for hydroxylation is 1. The van der Waals surface area contributed by atoms with E-state index in [9.17, 15) is 14.7 Å². The smallest absolute Gasteiger partial charge is 0.327 e. The van der Waals surface area contributed by atoms with Crippen LogP contribution in [0.5, 0.6) is 6.01 Å².